The van der Waals surface area contributed by atoms with Gasteiger partial charge in [0.1, 0.15) is 0 Å². The minimum atomic E-state index is -0.722. The molecule has 636 valence electrons. The molecule has 0 saturated carbocycles. The van der Waals surface area contributed by atoms with Crippen LogP contribution in [0.5, 0.6) is 0 Å². The summed E-state index contributed by atoms with van der Waals surface area (Å²) < 4.78 is 0. The Kier molecular flexibility index (Phi) is 119. The van der Waals surface area contributed by atoms with Crippen LogP contribution in [0.4, 0.5) is 0 Å². The number of rotatable bonds is 51. The second kappa shape index (κ2) is 82.9. The smallest absolute Gasteiger partial charge is 0.000000210 e. The van der Waals surface area contributed by atoms with Crippen LogP contribution in [0.1, 0.15) is 0 Å². The fourth-order valence-electron chi connectivity index (χ4n) is 6.54. The Morgan fingerprint density at radius 3 is 0.189 bits per heavy atom. The summed E-state index contributed by atoms with van der Waals surface area (Å²) in [6.07, 6.45) is 0. The zero-order valence-electron chi connectivity index (χ0n) is 54.3. The molecule has 0 aromatic rings. The Labute approximate surface area is 831 Å². The van der Waals surface area contributed by atoms with Gasteiger partial charge in [-0.3, -0.25) is 0 Å². The van der Waals surface area contributed by atoms with Crippen molar-refractivity contribution >= 4 is 845 Å². The van der Waals surface area contributed by atoms with Crippen molar-refractivity contribution in [3.63, 3.8) is 0 Å². The van der Waals surface area contributed by atoms with E-state index in [9.17, 15) is 0 Å². The highest BCUT2D eigenvalue weighted by Crippen LogP contribution is 3.55. The van der Waals surface area contributed by atoms with Gasteiger partial charge < -0.3 is 0 Å². The lowest BCUT2D eigenvalue weighted by atomic mass is 28.3. The van der Waals surface area contributed by atoms with Gasteiger partial charge in [-0.2, -0.15) is 0 Å². The van der Waals surface area contributed by atoms with Gasteiger partial charge in [0.15, 0.2) is 0 Å². The van der Waals surface area contributed by atoms with Crippen LogP contribution in [0.2, 0.25) is 0 Å². The highest BCUT2D eigenvalue weighted by atomic mass is 33.7. The largest absolute Gasteiger partial charge is 0.102 e. The van der Waals surface area contributed by atoms with Gasteiger partial charge in [0, 0.05) is 0 Å². The van der Waals surface area contributed by atoms with Crippen molar-refractivity contribution in [2.24, 2.45) is 0 Å². The number of hydrogen-bond donors (Lipinski definition) is 0. The van der Waals surface area contributed by atoms with E-state index in [0.717, 1.165) is 0 Å². The summed E-state index contributed by atoms with van der Waals surface area (Å²) in [5, 5.41) is 0. The van der Waals surface area contributed by atoms with Gasteiger partial charge in [-0.1, -0.05) is 17.9 Å². The van der Waals surface area contributed by atoms with Gasteiger partial charge in [-0.05, 0) is 363 Å². The van der Waals surface area contributed by atoms with Gasteiger partial charge in [-0.15, -0.1) is 464 Å². The molecule has 106 heavy (non-hydrogen) atoms. The molecule has 0 bridgehead atoms. The van der Waals surface area contributed by atoms with Crippen LogP contribution in [0.15, 0.2) is 0 Å². The van der Waals surface area contributed by atoms with Crippen molar-refractivity contribution in [3.05, 3.63) is 0 Å². The third kappa shape index (κ3) is 53.0. The second-order valence-electron chi connectivity index (χ2n) is 16.9. The van der Waals surface area contributed by atoms with E-state index < -0.39 is 363 Å². The maximum Gasteiger partial charge on any atom is -0.000000210 e. The second-order valence-corrected chi connectivity index (χ2v) is 456. The first-order chi connectivity index (χ1) is 48.2. The first kappa shape index (κ1) is 152. The molecule has 0 nitrogen and oxygen atoms in total. The quantitative estimate of drug-likeness (QED) is 0.0533. The molecule has 0 N–H and O–H groups in total. The van der Waals surface area contributed by atoms with E-state index in [4.69, 9.17) is 17.9 Å². The SMILES string of the molecule is [PH]P([PH])P(P(P)P)P(P(P)P)P(P(P(P(P)P)P(P)P)P(P(P)P)P(P)P)P(P(P(P(P)P)P(P)P)P(P(P)P)P(P)P)P(P(P(P(P(P)P)P(P)P)P(P(P)P)P(P)P)P(P(P(P)P)P(P)P)P(P(P)P)P(P)P)P(P(P(P(P)P)P(P)P)P(P(P)P)P(P)P)P(P(P(P)P)P(P)P)P(P(P)P)P(P)P. The Balaban J connectivity index is 15.2. The van der Waals surface area contributed by atoms with Gasteiger partial charge in [-0.25, -0.2) is 0 Å². The van der Waals surface area contributed by atoms with Crippen molar-refractivity contribution < 1.29 is 0 Å². The normalized spacial score (nSPS) is 15.5. The van der Waals surface area contributed by atoms with E-state index in [1.54, 1.807) is 0 Å². The van der Waals surface area contributed by atoms with Crippen molar-refractivity contribution in [2.45, 2.75) is 0 Å². The molecule has 0 amide bonds. The third-order valence-corrected chi connectivity index (χ3v) is 761. The van der Waals surface area contributed by atoms with Crippen LogP contribution < -0.4 is 0 Å². The summed E-state index contributed by atoms with van der Waals surface area (Å²) in [5.74, 6) is 0. The van der Waals surface area contributed by atoms with Crippen LogP contribution in [-0.4, -0.2) is 0 Å². The molecule has 56 unspecified atom stereocenters. The summed E-state index contributed by atoms with van der Waals surface area (Å²) in [6.45, 7) is -26.2. The van der Waals surface area contributed by atoms with E-state index in [1.807, 2.05) is 0 Å². The van der Waals surface area contributed by atoms with Gasteiger partial charge in [0.05, 0.1) is 0 Å². The van der Waals surface area contributed by atoms with Crippen LogP contribution in [0, 0.1) is 0 Å². The lowest BCUT2D eigenvalue weighted by molar-refractivity contribution is 4.29. The van der Waals surface area contributed by atoms with Gasteiger partial charge in [0.2, 0.25) is 0 Å². The molecule has 0 spiro atoms. The Hall–Kier alpha value is 45.6. The molecule has 2 radical (unpaired) electrons. The van der Waals surface area contributed by atoms with Gasteiger partial charge in [0.25, 0.3) is 0 Å². The zero-order valence-corrected chi connectivity index (χ0v) is 163. The van der Waals surface area contributed by atoms with E-state index in [1.165, 1.54) is 0 Å². The summed E-state index contributed by atoms with van der Waals surface area (Å²) in [4.78, 5) is 0. The zero-order chi connectivity index (χ0) is 84.0. The van der Waals surface area contributed by atoms with Crippen LogP contribution in [0.3, 0.4) is 0 Å². The first-order valence-corrected chi connectivity index (χ1v) is 217. The summed E-state index contributed by atoms with van der Waals surface area (Å²) in [5.41, 5.74) is 0. The number of hydrogen-bond acceptors (Lipinski definition) is 0. The molecule has 0 saturated heterocycles. The molecule has 106 heteroatoms. The highest BCUT2D eigenvalue weighted by molar-refractivity contribution is 9.61. The lowest BCUT2D eigenvalue weighted by Crippen LogP contribution is -1.77. The molecule has 0 fully saturated rings. The fourth-order valence-corrected chi connectivity index (χ4v) is 1590. The molecule has 0 heterocycles. The topological polar surface area (TPSA) is 0 Å². The van der Waals surface area contributed by atoms with Crippen molar-refractivity contribution in [2.75, 3.05) is 0 Å². The molecular formula is H106P106. The molecule has 0 aromatic carbocycles. The van der Waals surface area contributed by atoms with E-state index >= 15 is 0 Å². The Bertz CT molecular complexity index is 1820. The predicted molar refractivity (Wildman–Crippen MR) is 881 cm³/mol. The molecule has 0 aliphatic carbocycles. The molecular weight excluding hydrogens is 3280 g/mol. The highest BCUT2D eigenvalue weighted by Gasteiger charge is 2.68. The van der Waals surface area contributed by atoms with E-state index in [-0.39, 0.29) is 0 Å². The predicted octanol–water partition coefficient (Wildman–Crippen LogP) is 62.9. The van der Waals surface area contributed by atoms with Crippen LogP contribution >= 0.6 is 845 Å². The molecule has 0 aliphatic rings. The monoisotopic (exact) mass is 3390 g/mol. The summed E-state index contributed by atoms with van der Waals surface area (Å²) in [6, 6.07) is 0. The minimum Gasteiger partial charge on any atom is -0.102 e. The summed E-state index contributed by atoms with van der Waals surface area (Å²) in [7, 11) is 209. The third-order valence-electron chi connectivity index (χ3n) is 9.39. The average molecular weight is 3390 g/mol. The fraction of sp³-hybridized carbons (Fsp3) is 0. The Morgan fingerprint density at radius 2 is 0.132 bits per heavy atom. The van der Waals surface area contributed by atoms with E-state index in [2.05, 4.69) is 464 Å². The molecule has 0 aromatic heterocycles. The van der Waals surface area contributed by atoms with Crippen LogP contribution in [-0.2, 0) is 0 Å². The standard InChI is InChI=1S/H106P106/c1-55(2)82(56(3)4)95(81(53)54)102(96(83(57(5)6)58(7)8)84(59(9)10)60(11)12)105(101(93(77(45)46)78(47)48)94(79(49)50)80(51)52)106(103(97(85(61(13)14)62(15)16)86(63(17)18)64(19)20)98(87(65(21)22)66(23)24)88(67(25)26)68(27)28)104(99(89(69(29)30)70(31)32)90(71(33)34)72(35)36)100(91(73(37)38)74(39)40)92(75(41)42)76(43)44/h1-2H,3-54H2. The van der Waals surface area contributed by atoms with Gasteiger partial charge >= 0.3 is 0 Å². The summed E-state index contributed by atoms with van der Waals surface area (Å²) >= 11 is 0. The van der Waals surface area contributed by atoms with Crippen molar-refractivity contribution in [1.82, 2.24) is 0 Å². The average Bonchev–Trinajstić information content (AvgIpc) is 3.42. The maximum absolute atomic E-state index is 4.96. The maximum atomic E-state index is 4.96. The molecule has 0 aliphatic heterocycles. The molecule has 0 rings (SSSR count). The van der Waals surface area contributed by atoms with Crippen molar-refractivity contribution in [3.8, 4) is 0 Å². The lowest BCUT2D eigenvalue weighted by Gasteiger charge is -2.64. The first-order valence-electron chi connectivity index (χ1n) is 24.1. The minimum absolute atomic E-state index is 0.438. The van der Waals surface area contributed by atoms with E-state index in [0.29, 0.717) is 0 Å². The van der Waals surface area contributed by atoms with Crippen LogP contribution in [0.25, 0.3) is 0 Å². The Morgan fingerprint density at radius 1 is 0.0755 bits per heavy atom. The molecule has 56 atom stereocenters. The van der Waals surface area contributed by atoms with Crippen molar-refractivity contribution in [1.29, 1.82) is 0 Å².